The lowest BCUT2D eigenvalue weighted by molar-refractivity contribution is -0.136. The Balaban J connectivity index is 1.72. The third kappa shape index (κ3) is 4.40. The van der Waals surface area contributed by atoms with E-state index in [4.69, 9.17) is 16.3 Å². The number of carbonyl (C=O) groups is 2. The standard InChI is InChI=1S/C22H22ClNO3/c1-15(2)14-27-18-10-8-17(9-11-18)19-20(23)22(26)24(21(19)25)13-12-16-6-4-3-5-7-16/h3-11,15H,12-14H2,1-2H3. The molecule has 2 aromatic carbocycles. The van der Waals surface area contributed by atoms with Gasteiger partial charge in [0.15, 0.2) is 0 Å². The monoisotopic (exact) mass is 383 g/mol. The molecule has 1 heterocycles. The summed E-state index contributed by atoms with van der Waals surface area (Å²) in [4.78, 5) is 26.5. The first-order chi connectivity index (χ1) is 13.0. The Hall–Kier alpha value is -2.59. The molecule has 27 heavy (non-hydrogen) atoms. The number of hydrogen-bond donors (Lipinski definition) is 0. The Morgan fingerprint density at radius 2 is 1.63 bits per heavy atom. The molecule has 0 aliphatic carbocycles. The van der Waals surface area contributed by atoms with Crippen molar-refractivity contribution in [2.24, 2.45) is 5.92 Å². The predicted octanol–water partition coefficient (Wildman–Crippen LogP) is 4.28. The highest BCUT2D eigenvalue weighted by molar-refractivity contribution is 6.55. The molecule has 2 aromatic rings. The molecule has 0 bridgehead atoms. The zero-order valence-corrected chi connectivity index (χ0v) is 16.2. The highest BCUT2D eigenvalue weighted by Crippen LogP contribution is 2.32. The molecule has 4 nitrogen and oxygen atoms in total. The Labute approximate surface area is 164 Å². The van der Waals surface area contributed by atoms with Crippen LogP contribution in [0.4, 0.5) is 0 Å². The molecule has 5 heteroatoms. The van der Waals surface area contributed by atoms with E-state index in [9.17, 15) is 9.59 Å². The van der Waals surface area contributed by atoms with Crippen molar-refractivity contribution in [3.63, 3.8) is 0 Å². The van der Waals surface area contributed by atoms with Crippen molar-refractivity contribution in [1.29, 1.82) is 0 Å². The summed E-state index contributed by atoms with van der Waals surface area (Å²) in [7, 11) is 0. The average molecular weight is 384 g/mol. The second kappa shape index (κ2) is 8.40. The molecule has 0 spiro atoms. The molecule has 2 amide bonds. The van der Waals surface area contributed by atoms with Crippen molar-refractivity contribution < 1.29 is 14.3 Å². The number of imide groups is 1. The van der Waals surface area contributed by atoms with E-state index in [0.717, 1.165) is 11.3 Å². The Bertz CT molecular complexity index is 857. The van der Waals surface area contributed by atoms with Crippen molar-refractivity contribution in [3.05, 3.63) is 70.8 Å². The molecule has 1 aliphatic heterocycles. The highest BCUT2D eigenvalue weighted by atomic mass is 35.5. The van der Waals surface area contributed by atoms with Gasteiger partial charge in [-0.3, -0.25) is 14.5 Å². The zero-order valence-electron chi connectivity index (χ0n) is 15.4. The summed E-state index contributed by atoms with van der Waals surface area (Å²) in [5, 5.41) is -0.0242. The van der Waals surface area contributed by atoms with Crippen LogP contribution < -0.4 is 4.74 Å². The van der Waals surface area contributed by atoms with Crippen LogP contribution in [0.1, 0.15) is 25.0 Å². The van der Waals surface area contributed by atoms with E-state index < -0.39 is 5.91 Å². The number of hydrogen-bond acceptors (Lipinski definition) is 3. The average Bonchev–Trinajstić information content (AvgIpc) is 2.88. The Kier molecular flexibility index (Phi) is 5.97. The predicted molar refractivity (Wildman–Crippen MR) is 106 cm³/mol. The van der Waals surface area contributed by atoms with Gasteiger partial charge in [0.2, 0.25) is 0 Å². The molecule has 0 unspecified atom stereocenters. The summed E-state index contributed by atoms with van der Waals surface area (Å²) in [6.45, 7) is 5.07. The molecule has 1 aliphatic rings. The van der Waals surface area contributed by atoms with E-state index in [0.29, 0.717) is 31.1 Å². The normalized spacial score (nSPS) is 14.4. The van der Waals surface area contributed by atoms with Gasteiger partial charge in [0.25, 0.3) is 11.8 Å². The fraction of sp³-hybridized carbons (Fsp3) is 0.273. The third-order valence-corrected chi connectivity index (χ3v) is 4.66. The van der Waals surface area contributed by atoms with Crippen LogP contribution in [-0.2, 0) is 16.0 Å². The van der Waals surface area contributed by atoms with Gasteiger partial charge >= 0.3 is 0 Å². The molecule has 0 saturated carbocycles. The quantitative estimate of drug-likeness (QED) is 0.670. The fourth-order valence-corrected chi connectivity index (χ4v) is 3.16. The van der Waals surface area contributed by atoms with Gasteiger partial charge in [0.05, 0.1) is 12.2 Å². The molecule has 0 fully saturated rings. The Morgan fingerprint density at radius 3 is 2.26 bits per heavy atom. The SMILES string of the molecule is CC(C)COc1ccc(C2=C(Cl)C(=O)N(CCc3ccccc3)C2=O)cc1. The molecular formula is C22H22ClNO3. The molecule has 3 rings (SSSR count). The smallest absolute Gasteiger partial charge is 0.273 e. The van der Waals surface area contributed by atoms with Crippen LogP contribution in [-0.4, -0.2) is 29.9 Å². The zero-order chi connectivity index (χ0) is 19.4. The van der Waals surface area contributed by atoms with Gasteiger partial charge in [-0.1, -0.05) is 67.9 Å². The number of halogens is 1. The van der Waals surface area contributed by atoms with Crippen LogP contribution in [0.5, 0.6) is 5.75 Å². The maximum atomic E-state index is 12.8. The first-order valence-corrected chi connectivity index (χ1v) is 9.38. The minimum Gasteiger partial charge on any atom is -0.493 e. The molecule has 0 atom stereocenters. The van der Waals surface area contributed by atoms with E-state index in [1.54, 1.807) is 24.3 Å². The van der Waals surface area contributed by atoms with E-state index in [1.165, 1.54) is 4.90 Å². The van der Waals surface area contributed by atoms with Crippen LogP contribution in [0.3, 0.4) is 0 Å². The lowest BCUT2D eigenvalue weighted by Gasteiger charge is -2.15. The highest BCUT2D eigenvalue weighted by Gasteiger charge is 2.37. The second-order valence-electron chi connectivity index (χ2n) is 6.92. The van der Waals surface area contributed by atoms with Gasteiger partial charge in [-0.15, -0.1) is 0 Å². The number of carbonyl (C=O) groups excluding carboxylic acids is 2. The third-order valence-electron chi connectivity index (χ3n) is 4.30. The molecule has 140 valence electrons. The van der Waals surface area contributed by atoms with Crippen LogP contribution in [0.2, 0.25) is 0 Å². The number of rotatable bonds is 7. The number of ether oxygens (including phenoxy) is 1. The van der Waals surface area contributed by atoms with Crippen LogP contribution >= 0.6 is 11.6 Å². The second-order valence-corrected chi connectivity index (χ2v) is 7.29. The minimum atomic E-state index is -0.437. The summed E-state index contributed by atoms with van der Waals surface area (Å²) in [6.07, 6.45) is 0.595. The lowest BCUT2D eigenvalue weighted by atomic mass is 10.1. The molecule has 0 N–H and O–H groups in total. The summed E-state index contributed by atoms with van der Waals surface area (Å²) < 4.78 is 5.66. The first-order valence-electron chi connectivity index (χ1n) is 9.00. The van der Waals surface area contributed by atoms with Gasteiger partial charge in [0, 0.05) is 6.54 Å². The topological polar surface area (TPSA) is 46.6 Å². The maximum absolute atomic E-state index is 12.8. The van der Waals surface area contributed by atoms with Crippen LogP contribution in [0.15, 0.2) is 59.6 Å². The number of benzene rings is 2. The fourth-order valence-electron chi connectivity index (χ4n) is 2.87. The lowest BCUT2D eigenvalue weighted by Crippen LogP contribution is -2.33. The summed E-state index contributed by atoms with van der Waals surface area (Å²) in [6, 6.07) is 16.8. The van der Waals surface area contributed by atoms with Crippen LogP contribution in [0.25, 0.3) is 5.57 Å². The van der Waals surface area contributed by atoms with Crippen molar-refractivity contribution in [1.82, 2.24) is 4.90 Å². The molecule has 0 saturated heterocycles. The van der Waals surface area contributed by atoms with Crippen molar-refractivity contribution in [2.75, 3.05) is 13.2 Å². The van der Waals surface area contributed by atoms with E-state index >= 15 is 0 Å². The van der Waals surface area contributed by atoms with Gasteiger partial charge in [-0.05, 0) is 35.6 Å². The van der Waals surface area contributed by atoms with E-state index in [1.807, 2.05) is 30.3 Å². The largest absolute Gasteiger partial charge is 0.493 e. The van der Waals surface area contributed by atoms with Gasteiger partial charge in [-0.2, -0.15) is 0 Å². The van der Waals surface area contributed by atoms with Crippen molar-refractivity contribution in [3.8, 4) is 5.75 Å². The van der Waals surface area contributed by atoms with Crippen molar-refractivity contribution in [2.45, 2.75) is 20.3 Å². The number of amides is 2. The molecule has 0 aromatic heterocycles. The Morgan fingerprint density at radius 1 is 0.963 bits per heavy atom. The maximum Gasteiger partial charge on any atom is 0.273 e. The minimum absolute atomic E-state index is 0.0242. The number of nitrogens with zero attached hydrogens (tertiary/aromatic N) is 1. The van der Waals surface area contributed by atoms with Gasteiger partial charge in [0.1, 0.15) is 10.8 Å². The van der Waals surface area contributed by atoms with E-state index in [-0.39, 0.29) is 16.5 Å². The summed E-state index contributed by atoms with van der Waals surface area (Å²) >= 11 is 6.21. The molecule has 0 radical (unpaired) electrons. The van der Waals surface area contributed by atoms with Gasteiger partial charge in [-0.25, -0.2) is 0 Å². The summed E-state index contributed by atoms with van der Waals surface area (Å²) in [5.41, 5.74) is 1.94. The summed E-state index contributed by atoms with van der Waals surface area (Å²) in [5.74, 6) is 0.362. The van der Waals surface area contributed by atoms with Crippen molar-refractivity contribution >= 4 is 29.0 Å². The van der Waals surface area contributed by atoms with Gasteiger partial charge < -0.3 is 4.74 Å². The van der Waals surface area contributed by atoms with E-state index in [2.05, 4.69) is 13.8 Å². The first kappa shape index (κ1) is 19.2. The molecular weight excluding hydrogens is 362 g/mol. The van der Waals surface area contributed by atoms with Crippen LogP contribution in [0, 0.1) is 5.92 Å².